The van der Waals surface area contributed by atoms with Crippen molar-refractivity contribution < 1.29 is 53.8 Å². The lowest BCUT2D eigenvalue weighted by Crippen LogP contribution is -2.82. The summed E-state index contributed by atoms with van der Waals surface area (Å²) in [5, 5.41) is 48.0. The molecule has 10 unspecified atom stereocenters. The van der Waals surface area contributed by atoms with Crippen molar-refractivity contribution in [1.82, 2.24) is 0 Å². The Morgan fingerprint density at radius 2 is 1.62 bits per heavy atom. The summed E-state index contributed by atoms with van der Waals surface area (Å²) >= 11 is 0. The predicted octanol–water partition coefficient (Wildman–Crippen LogP) is 1.44. The smallest absolute Gasteiger partial charge is 0.338 e. The van der Waals surface area contributed by atoms with Gasteiger partial charge in [0.15, 0.2) is 5.60 Å². The van der Waals surface area contributed by atoms with Crippen LogP contribution in [0.5, 0.6) is 0 Å². The Morgan fingerprint density at radius 3 is 2.17 bits per heavy atom. The Bertz CT molecular complexity index is 1310. The van der Waals surface area contributed by atoms with E-state index in [4.69, 9.17) is 18.9 Å². The Kier molecular flexibility index (Phi) is 7.38. The maximum atomic E-state index is 13.7. The summed E-state index contributed by atoms with van der Waals surface area (Å²) in [5.74, 6) is -3.40. The van der Waals surface area contributed by atoms with Gasteiger partial charge in [-0.25, -0.2) is 4.79 Å². The number of rotatable bonds is 4. The zero-order valence-corrected chi connectivity index (χ0v) is 24.7. The van der Waals surface area contributed by atoms with Gasteiger partial charge in [-0.2, -0.15) is 0 Å². The molecule has 0 amide bonds. The predicted molar refractivity (Wildman–Crippen MR) is 146 cm³/mol. The normalized spacial score (nSPS) is 42.1. The highest BCUT2D eigenvalue weighted by Crippen LogP contribution is 2.65. The fourth-order valence-corrected chi connectivity index (χ4v) is 8.24. The topological polar surface area (TPSA) is 169 Å². The summed E-state index contributed by atoms with van der Waals surface area (Å²) in [6.45, 7) is 8.76. The minimum atomic E-state index is -2.07. The van der Waals surface area contributed by atoms with E-state index in [9.17, 15) is 34.8 Å². The Morgan fingerprint density at radius 1 is 0.976 bits per heavy atom. The summed E-state index contributed by atoms with van der Waals surface area (Å²) in [5.41, 5.74) is -5.89. The van der Waals surface area contributed by atoms with Crippen molar-refractivity contribution in [1.29, 1.82) is 0 Å². The van der Waals surface area contributed by atoms with Crippen LogP contribution in [0.15, 0.2) is 41.5 Å². The molecule has 230 valence electrons. The van der Waals surface area contributed by atoms with E-state index < -0.39 is 82.5 Å². The molecule has 4 aliphatic rings. The molecular weight excluding hydrogens is 548 g/mol. The van der Waals surface area contributed by atoms with Crippen LogP contribution in [0.2, 0.25) is 0 Å². The molecule has 0 spiro atoms. The number of benzene rings is 1. The Hall–Kier alpha value is -2.83. The molecule has 42 heavy (non-hydrogen) atoms. The lowest BCUT2D eigenvalue weighted by Gasteiger charge is -2.69. The van der Waals surface area contributed by atoms with Crippen molar-refractivity contribution in [2.24, 2.45) is 16.7 Å². The van der Waals surface area contributed by atoms with E-state index in [0.717, 1.165) is 0 Å². The van der Waals surface area contributed by atoms with E-state index in [1.165, 1.54) is 13.8 Å². The average molecular weight is 589 g/mol. The number of aliphatic hydroxyl groups is 4. The summed E-state index contributed by atoms with van der Waals surface area (Å²) < 4.78 is 23.8. The van der Waals surface area contributed by atoms with E-state index in [1.54, 1.807) is 58.0 Å². The van der Waals surface area contributed by atoms with Gasteiger partial charge in [-0.1, -0.05) is 39.0 Å². The van der Waals surface area contributed by atoms with Gasteiger partial charge in [-0.05, 0) is 30.2 Å². The first-order chi connectivity index (χ1) is 19.5. The zero-order valence-electron chi connectivity index (χ0n) is 24.7. The van der Waals surface area contributed by atoms with Gasteiger partial charge in [0.1, 0.15) is 30.0 Å². The highest BCUT2D eigenvalue weighted by Gasteiger charge is 2.78. The number of fused-ring (bicyclic) bond motifs is 5. The zero-order chi connectivity index (χ0) is 31.0. The van der Waals surface area contributed by atoms with Crippen molar-refractivity contribution in [3.05, 3.63) is 47.0 Å². The molecule has 1 saturated heterocycles. The third kappa shape index (κ3) is 4.16. The molecule has 2 bridgehead atoms. The monoisotopic (exact) mass is 588 g/mol. The summed E-state index contributed by atoms with van der Waals surface area (Å²) in [4.78, 5) is 38.7. The first-order valence-corrected chi connectivity index (χ1v) is 14.2. The van der Waals surface area contributed by atoms with E-state index in [-0.39, 0.29) is 30.6 Å². The molecule has 11 nitrogen and oxygen atoms in total. The molecule has 1 heterocycles. The number of carbonyl (C=O) groups excluding carboxylic acids is 3. The maximum Gasteiger partial charge on any atom is 0.338 e. The minimum Gasteiger partial charge on any atom is -0.462 e. The van der Waals surface area contributed by atoms with Gasteiger partial charge in [0.05, 0.1) is 30.3 Å². The molecule has 1 aliphatic heterocycles. The van der Waals surface area contributed by atoms with Crippen LogP contribution < -0.4 is 0 Å². The van der Waals surface area contributed by atoms with Gasteiger partial charge >= 0.3 is 17.9 Å². The molecule has 11 heteroatoms. The van der Waals surface area contributed by atoms with Crippen LogP contribution in [0.4, 0.5) is 0 Å². The lowest BCUT2D eigenvalue weighted by atomic mass is 9.44. The van der Waals surface area contributed by atoms with Crippen molar-refractivity contribution in [2.75, 3.05) is 6.61 Å². The number of hydrogen-bond donors (Lipinski definition) is 4. The largest absolute Gasteiger partial charge is 0.462 e. The molecule has 0 radical (unpaired) electrons. The van der Waals surface area contributed by atoms with Crippen molar-refractivity contribution >= 4 is 17.9 Å². The number of aliphatic hydroxyl groups excluding tert-OH is 3. The molecule has 5 rings (SSSR count). The van der Waals surface area contributed by atoms with Crippen molar-refractivity contribution in [2.45, 2.75) is 102 Å². The first kappa shape index (κ1) is 30.6. The van der Waals surface area contributed by atoms with Gasteiger partial charge in [0.25, 0.3) is 0 Å². The van der Waals surface area contributed by atoms with Gasteiger partial charge < -0.3 is 39.4 Å². The van der Waals surface area contributed by atoms with E-state index in [2.05, 4.69) is 0 Å². The lowest BCUT2D eigenvalue weighted by molar-refractivity contribution is -0.365. The fourth-order valence-electron chi connectivity index (χ4n) is 8.24. The second-order valence-corrected chi connectivity index (χ2v) is 13.0. The van der Waals surface area contributed by atoms with Gasteiger partial charge in [0, 0.05) is 37.5 Å². The summed E-state index contributed by atoms with van der Waals surface area (Å²) in [6, 6.07) is 8.12. The minimum absolute atomic E-state index is 0.00542. The SMILES string of the molecule is CC(=O)OC1CC2OCC2(OC(C)=O)C2C(OC(=O)c3ccccc3)C3(O)CC(O)C(C)=C(C(O)C(O)C12C)C3(C)C. The second-order valence-electron chi connectivity index (χ2n) is 13.0. The molecule has 3 aliphatic carbocycles. The van der Waals surface area contributed by atoms with Gasteiger partial charge in [0.2, 0.25) is 0 Å². The third-order valence-corrected chi connectivity index (χ3v) is 10.4. The number of esters is 3. The average Bonchev–Trinajstić information content (AvgIpc) is 2.90. The van der Waals surface area contributed by atoms with E-state index in [0.29, 0.717) is 5.57 Å². The van der Waals surface area contributed by atoms with Crippen LogP contribution in [-0.2, 0) is 28.5 Å². The van der Waals surface area contributed by atoms with Crippen LogP contribution in [0.1, 0.15) is 64.7 Å². The number of ether oxygens (including phenoxy) is 4. The molecule has 4 N–H and O–H groups in total. The maximum absolute atomic E-state index is 13.7. The molecule has 1 aromatic carbocycles. The van der Waals surface area contributed by atoms with Gasteiger partial charge in [-0.15, -0.1) is 0 Å². The van der Waals surface area contributed by atoms with Crippen LogP contribution >= 0.6 is 0 Å². The Labute approximate surface area is 244 Å². The van der Waals surface area contributed by atoms with Crippen molar-refractivity contribution in [3.8, 4) is 0 Å². The summed E-state index contributed by atoms with van der Waals surface area (Å²) in [7, 11) is 0. The fraction of sp³-hybridized carbons (Fsp3) is 0.645. The molecule has 3 fully saturated rings. The van der Waals surface area contributed by atoms with E-state index in [1.807, 2.05) is 0 Å². The molecule has 2 saturated carbocycles. The molecule has 1 aromatic rings. The molecule has 10 atom stereocenters. The van der Waals surface area contributed by atoms with Gasteiger partial charge in [-0.3, -0.25) is 9.59 Å². The first-order valence-electron chi connectivity index (χ1n) is 14.2. The summed E-state index contributed by atoms with van der Waals surface area (Å²) in [6.07, 6.45) is -8.36. The highest BCUT2D eigenvalue weighted by atomic mass is 16.6. The van der Waals surface area contributed by atoms with E-state index >= 15 is 0 Å². The van der Waals surface area contributed by atoms with Crippen LogP contribution in [0.3, 0.4) is 0 Å². The van der Waals surface area contributed by atoms with Crippen molar-refractivity contribution in [3.63, 3.8) is 0 Å². The molecular formula is C31H40O11. The second kappa shape index (κ2) is 10.1. The third-order valence-electron chi connectivity index (χ3n) is 10.4. The number of hydrogen-bond acceptors (Lipinski definition) is 11. The van der Waals surface area contributed by atoms with Crippen LogP contribution in [-0.4, -0.2) is 92.8 Å². The van der Waals surface area contributed by atoms with Crippen LogP contribution in [0, 0.1) is 16.7 Å². The Balaban J connectivity index is 1.83. The quantitative estimate of drug-likeness (QED) is 0.228. The highest BCUT2D eigenvalue weighted by molar-refractivity contribution is 5.89. The standard InChI is InChI=1S/C31H40O11/c1-15-19(34)13-31(38)26(41-27(37)18-10-8-7-9-11-18)24-29(6,25(36)23(35)22(15)28(31,4)5)20(40-16(2)32)12-21-30(24,14-39-21)42-17(3)33/h7-11,19-21,23-26,34-36,38H,12-14H2,1-6H3. The number of carbonyl (C=O) groups is 3. The van der Waals surface area contributed by atoms with Crippen LogP contribution in [0.25, 0.3) is 0 Å². The molecule has 0 aromatic heterocycles.